The molecule has 0 aromatic carbocycles. The van der Waals surface area contributed by atoms with E-state index in [1.54, 1.807) is 11.3 Å². The second-order valence-electron chi connectivity index (χ2n) is 4.24. The van der Waals surface area contributed by atoms with Crippen molar-refractivity contribution in [2.24, 2.45) is 0 Å². The Hall–Kier alpha value is -0.350. The summed E-state index contributed by atoms with van der Waals surface area (Å²) in [5.41, 5.74) is 2.66. The van der Waals surface area contributed by atoms with Gasteiger partial charge in [0.15, 0.2) is 0 Å². The molecule has 0 aliphatic rings. The molecule has 2 aromatic rings. The van der Waals surface area contributed by atoms with Gasteiger partial charge in [0.25, 0.3) is 0 Å². The maximum Gasteiger partial charge on any atom is 0.0931 e. The Kier molecular flexibility index (Phi) is 4.26. The Bertz CT molecular complexity index is 482. The van der Waals surface area contributed by atoms with E-state index in [2.05, 4.69) is 37.5 Å². The van der Waals surface area contributed by atoms with Gasteiger partial charge < -0.3 is 5.32 Å². The lowest BCUT2D eigenvalue weighted by molar-refractivity contribution is 0.580. The normalized spacial score (nSPS) is 12.9. The van der Waals surface area contributed by atoms with Gasteiger partial charge in [0, 0.05) is 22.3 Å². The van der Waals surface area contributed by atoms with Crippen LogP contribution in [0.25, 0.3) is 0 Å². The Morgan fingerprint density at radius 1 is 1.35 bits per heavy atom. The standard InChI is InChI=1S/C13H16ClNS2/c1-8-4-12(17-10(8)3)6-15-9(2)11-5-13(14)16-7-11/h4-5,7,9,15H,6H2,1-3H3. The Balaban J connectivity index is 1.94. The second-order valence-corrected chi connectivity index (χ2v) is 7.12. The van der Waals surface area contributed by atoms with Gasteiger partial charge in [0.05, 0.1) is 4.34 Å². The summed E-state index contributed by atoms with van der Waals surface area (Å²) in [7, 11) is 0. The minimum absolute atomic E-state index is 0.349. The summed E-state index contributed by atoms with van der Waals surface area (Å²) in [5, 5.41) is 5.64. The third-order valence-electron chi connectivity index (χ3n) is 2.89. The van der Waals surface area contributed by atoms with Gasteiger partial charge in [0.2, 0.25) is 0 Å². The average molecular weight is 286 g/mol. The van der Waals surface area contributed by atoms with Crippen molar-refractivity contribution in [2.45, 2.75) is 33.4 Å². The lowest BCUT2D eigenvalue weighted by Crippen LogP contribution is -2.16. The van der Waals surface area contributed by atoms with E-state index in [1.807, 2.05) is 17.4 Å². The fourth-order valence-corrected chi connectivity index (χ4v) is 3.65. The van der Waals surface area contributed by atoms with E-state index in [0.29, 0.717) is 6.04 Å². The number of hydrogen-bond acceptors (Lipinski definition) is 3. The SMILES string of the molecule is Cc1cc(CNC(C)c2csc(Cl)c2)sc1C. The van der Waals surface area contributed by atoms with E-state index in [4.69, 9.17) is 11.6 Å². The van der Waals surface area contributed by atoms with Crippen molar-refractivity contribution in [1.29, 1.82) is 0 Å². The monoisotopic (exact) mass is 285 g/mol. The van der Waals surface area contributed by atoms with Gasteiger partial charge in [-0.1, -0.05) is 11.6 Å². The fourth-order valence-electron chi connectivity index (χ4n) is 1.66. The lowest BCUT2D eigenvalue weighted by Gasteiger charge is -2.11. The largest absolute Gasteiger partial charge is 0.305 e. The van der Waals surface area contributed by atoms with Crippen LogP contribution in [-0.2, 0) is 6.54 Å². The summed E-state index contributed by atoms with van der Waals surface area (Å²) in [5.74, 6) is 0. The number of hydrogen-bond donors (Lipinski definition) is 1. The molecule has 0 fully saturated rings. The number of rotatable bonds is 4. The van der Waals surface area contributed by atoms with E-state index >= 15 is 0 Å². The van der Waals surface area contributed by atoms with Crippen LogP contribution in [0.3, 0.4) is 0 Å². The van der Waals surface area contributed by atoms with Crippen molar-refractivity contribution in [3.8, 4) is 0 Å². The maximum atomic E-state index is 5.94. The molecule has 1 nitrogen and oxygen atoms in total. The molecule has 4 heteroatoms. The van der Waals surface area contributed by atoms with Crippen molar-refractivity contribution >= 4 is 34.3 Å². The van der Waals surface area contributed by atoms with Crippen molar-refractivity contribution < 1.29 is 0 Å². The molecule has 2 heterocycles. The molecule has 2 rings (SSSR count). The highest BCUT2D eigenvalue weighted by Gasteiger charge is 2.08. The van der Waals surface area contributed by atoms with Crippen LogP contribution in [0.4, 0.5) is 0 Å². The van der Waals surface area contributed by atoms with Crippen molar-refractivity contribution in [3.05, 3.63) is 42.7 Å². The molecule has 0 saturated heterocycles. The maximum absolute atomic E-state index is 5.94. The third-order valence-corrected chi connectivity index (χ3v) is 5.15. The zero-order valence-electron chi connectivity index (χ0n) is 10.2. The first-order chi connectivity index (χ1) is 8.06. The van der Waals surface area contributed by atoms with Crippen molar-refractivity contribution in [3.63, 3.8) is 0 Å². The van der Waals surface area contributed by atoms with E-state index in [1.165, 1.54) is 20.9 Å². The summed E-state index contributed by atoms with van der Waals surface area (Å²) < 4.78 is 0.858. The predicted molar refractivity (Wildman–Crippen MR) is 78.4 cm³/mol. The smallest absolute Gasteiger partial charge is 0.0931 e. The van der Waals surface area contributed by atoms with Gasteiger partial charge in [-0.25, -0.2) is 0 Å². The summed E-state index contributed by atoms with van der Waals surface area (Å²) >= 11 is 9.40. The van der Waals surface area contributed by atoms with Gasteiger partial charge in [-0.15, -0.1) is 22.7 Å². The molecule has 0 radical (unpaired) electrons. The van der Waals surface area contributed by atoms with Crippen LogP contribution < -0.4 is 5.32 Å². The van der Waals surface area contributed by atoms with Gasteiger partial charge >= 0.3 is 0 Å². The van der Waals surface area contributed by atoms with E-state index in [9.17, 15) is 0 Å². The predicted octanol–water partition coefficient (Wildman–Crippen LogP) is 4.93. The molecule has 2 aromatic heterocycles. The highest BCUT2D eigenvalue weighted by Crippen LogP contribution is 2.26. The van der Waals surface area contributed by atoms with Crippen LogP contribution in [0.15, 0.2) is 17.5 Å². The molecule has 0 spiro atoms. The number of thiophene rings is 2. The summed E-state index contributed by atoms with van der Waals surface area (Å²) in [6, 6.07) is 4.65. The average Bonchev–Trinajstić information content (AvgIpc) is 2.83. The molecule has 1 atom stereocenters. The van der Waals surface area contributed by atoms with E-state index in [-0.39, 0.29) is 0 Å². The second kappa shape index (κ2) is 5.53. The molecule has 0 amide bonds. The van der Waals surface area contributed by atoms with Gasteiger partial charge in [-0.2, -0.15) is 0 Å². The molecule has 0 saturated carbocycles. The third kappa shape index (κ3) is 3.32. The highest BCUT2D eigenvalue weighted by atomic mass is 35.5. The fraction of sp³-hybridized carbons (Fsp3) is 0.385. The molecule has 0 bridgehead atoms. The van der Waals surface area contributed by atoms with Crippen LogP contribution in [-0.4, -0.2) is 0 Å². The first-order valence-electron chi connectivity index (χ1n) is 5.59. The lowest BCUT2D eigenvalue weighted by atomic mass is 10.2. The number of nitrogens with one attached hydrogen (secondary N) is 1. The van der Waals surface area contributed by atoms with Crippen molar-refractivity contribution in [2.75, 3.05) is 0 Å². The van der Waals surface area contributed by atoms with Gasteiger partial charge in [-0.05, 0) is 49.4 Å². The van der Waals surface area contributed by atoms with Gasteiger partial charge in [0.1, 0.15) is 0 Å². The molecular formula is C13H16ClNS2. The Morgan fingerprint density at radius 2 is 2.12 bits per heavy atom. The summed E-state index contributed by atoms with van der Waals surface area (Å²) in [6.45, 7) is 7.43. The highest BCUT2D eigenvalue weighted by molar-refractivity contribution is 7.14. The molecule has 0 aliphatic heterocycles. The molecule has 1 N–H and O–H groups in total. The van der Waals surface area contributed by atoms with Crippen LogP contribution in [0.1, 0.15) is 33.8 Å². The van der Waals surface area contributed by atoms with Crippen LogP contribution in [0.5, 0.6) is 0 Å². The summed E-state index contributed by atoms with van der Waals surface area (Å²) in [6.07, 6.45) is 0. The summed E-state index contributed by atoms with van der Waals surface area (Å²) in [4.78, 5) is 2.81. The first-order valence-corrected chi connectivity index (χ1v) is 7.67. The topological polar surface area (TPSA) is 12.0 Å². The van der Waals surface area contributed by atoms with E-state index < -0.39 is 0 Å². The molecule has 17 heavy (non-hydrogen) atoms. The Morgan fingerprint density at radius 3 is 2.65 bits per heavy atom. The molecular weight excluding hydrogens is 270 g/mol. The molecule has 1 unspecified atom stereocenters. The zero-order chi connectivity index (χ0) is 12.4. The van der Waals surface area contributed by atoms with Crippen LogP contribution >= 0.6 is 34.3 Å². The quantitative estimate of drug-likeness (QED) is 0.840. The van der Waals surface area contributed by atoms with E-state index in [0.717, 1.165) is 10.9 Å². The van der Waals surface area contributed by atoms with Crippen LogP contribution in [0, 0.1) is 13.8 Å². The zero-order valence-corrected chi connectivity index (χ0v) is 12.6. The molecule has 92 valence electrons. The number of aryl methyl sites for hydroxylation is 2. The van der Waals surface area contributed by atoms with Crippen molar-refractivity contribution in [1.82, 2.24) is 5.32 Å². The Labute approximate surface area is 115 Å². The van der Waals surface area contributed by atoms with Crippen LogP contribution in [0.2, 0.25) is 4.34 Å². The minimum Gasteiger partial charge on any atom is -0.305 e. The minimum atomic E-state index is 0.349. The van der Waals surface area contributed by atoms with Gasteiger partial charge in [-0.3, -0.25) is 0 Å². The molecule has 0 aliphatic carbocycles. The number of halogens is 1. The first kappa shape index (κ1) is 13.1.